The van der Waals surface area contributed by atoms with Crippen LogP contribution >= 0.6 is 11.8 Å². The summed E-state index contributed by atoms with van der Waals surface area (Å²) in [5, 5.41) is 0.751. The number of aromatic nitrogens is 2. The summed E-state index contributed by atoms with van der Waals surface area (Å²) in [5.74, 6) is 0.738. The van der Waals surface area contributed by atoms with E-state index >= 15 is 0 Å². The first-order valence-corrected chi connectivity index (χ1v) is 12.1. The second-order valence-corrected chi connectivity index (χ2v) is 9.31. The van der Waals surface area contributed by atoms with Gasteiger partial charge in [0, 0.05) is 19.6 Å². The highest BCUT2D eigenvalue weighted by Gasteiger charge is 2.23. The third-order valence-corrected chi connectivity index (χ3v) is 7.78. The molecule has 0 spiro atoms. The fraction of sp³-hybridized carbons (Fsp3) is 0.400. The summed E-state index contributed by atoms with van der Waals surface area (Å²) >= 11 is 1.46. The number of furan rings is 1. The van der Waals surface area contributed by atoms with Crippen LogP contribution in [0.2, 0.25) is 0 Å². The number of ether oxygens (including phenoxy) is 1. The zero-order valence-corrected chi connectivity index (χ0v) is 19.0. The number of carbonyl (C=O) groups is 1. The van der Waals surface area contributed by atoms with E-state index in [1.165, 1.54) is 23.2 Å². The molecule has 2 aromatic heterocycles. The molecule has 0 atom stereocenters. The van der Waals surface area contributed by atoms with Gasteiger partial charge in [0.1, 0.15) is 5.76 Å². The predicted molar refractivity (Wildman–Crippen MR) is 115 cm³/mol. The summed E-state index contributed by atoms with van der Waals surface area (Å²) in [5.41, 5.74) is 1.50. The van der Waals surface area contributed by atoms with Gasteiger partial charge < -0.3 is 13.7 Å². The number of imidazole rings is 1. The van der Waals surface area contributed by atoms with Gasteiger partial charge in [-0.25, -0.2) is 18.2 Å². The molecule has 0 N–H and O–H groups in total. The summed E-state index contributed by atoms with van der Waals surface area (Å²) in [7, 11) is -2.24. The van der Waals surface area contributed by atoms with Crippen LogP contribution in [0, 0.1) is 0 Å². The van der Waals surface area contributed by atoms with Crippen molar-refractivity contribution in [2.45, 2.75) is 43.1 Å². The molecule has 0 aliphatic heterocycles. The average molecular weight is 452 g/mol. The van der Waals surface area contributed by atoms with Gasteiger partial charge in [-0.05, 0) is 37.3 Å². The van der Waals surface area contributed by atoms with Crippen LogP contribution in [0.15, 0.2) is 44.8 Å². The highest BCUT2D eigenvalue weighted by Crippen LogP contribution is 2.29. The normalized spacial score (nSPS) is 12.0. The minimum Gasteiger partial charge on any atom is -0.463 e. The molecule has 3 aromatic rings. The standard InChI is InChI=1S/C20H25N3O5S2/c1-5-22(6-2)30(25,26)15-9-10-17-16(12-15)21-20(23(17)7-3)29-13-14-8-11-18(28-14)19(24)27-4/h8-12H,5-7,13H2,1-4H3. The van der Waals surface area contributed by atoms with Gasteiger partial charge >= 0.3 is 5.97 Å². The van der Waals surface area contributed by atoms with E-state index in [0.717, 1.165) is 10.7 Å². The third kappa shape index (κ3) is 4.26. The summed E-state index contributed by atoms with van der Waals surface area (Å²) in [4.78, 5) is 16.4. The monoisotopic (exact) mass is 451 g/mol. The minimum atomic E-state index is -3.55. The van der Waals surface area contributed by atoms with Gasteiger partial charge in [-0.15, -0.1) is 0 Å². The van der Waals surface area contributed by atoms with Crippen molar-refractivity contribution >= 4 is 38.8 Å². The van der Waals surface area contributed by atoms with Gasteiger partial charge in [0.2, 0.25) is 15.8 Å². The van der Waals surface area contributed by atoms with Crippen molar-refractivity contribution in [2.75, 3.05) is 20.2 Å². The first-order chi connectivity index (χ1) is 14.3. The van der Waals surface area contributed by atoms with Crippen molar-refractivity contribution < 1.29 is 22.4 Å². The number of thioether (sulfide) groups is 1. The van der Waals surface area contributed by atoms with E-state index in [-0.39, 0.29) is 10.7 Å². The number of hydrogen-bond acceptors (Lipinski definition) is 7. The first kappa shape index (κ1) is 22.4. The van der Waals surface area contributed by atoms with Crippen molar-refractivity contribution in [2.24, 2.45) is 0 Å². The number of benzene rings is 1. The van der Waals surface area contributed by atoms with E-state index in [2.05, 4.69) is 9.72 Å². The predicted octanol–water partition coefficient (Wildman–Crippen LogP) is 3.76. The van der Waals surface area contributed by atoms with Crippen molar-refractivity contribution in [1.29, 1.82) is 0 Å². The molecule has 8 nitrogen and oxygen atoms in total. The number of aryl methyl sites for hydroxylation is 1. The zero-order valence-electron chi connectivity index (χ0n) is 17.4. The van der Waals surface area contributed by atoms with E-state index in [0.29, 0.717) is 36.7 Å². The van der Waals surface area contributed by atoms with Gasteiger partial charge in [-0.2, -0.15) is 4.31 Å². The van der Waals surface area contributed by atoms with Crippen molar-refractivity contribution in [3.05, 3.63) is 41.9 Å². The Labute approximate surface area is 180 Å². The van der Waals surface area contributed by atoms with Gasteiger partial charge in [0.25, 0.3) is 0 Å². The topological polar surface area (TPSA) is 94.6 Å². The van der Waals surface area contributed by atoms with Crippen LogP contribution in [0.5, 0.6) is 0 Å². The van der Waals surface area contributed by atoms with Gasteiger partial charge in [-0.1, -0.05) is 25.6 Å². The lowest BCUT2D eigenvalue weighted by Crippen LogP contribution is -2.30. The molecule has 0 amide bonds. The Hall–Kier alpha value is -2.30. The summed E-state index contributed by atoms with van der Waals surface area (Å²) in [6, 6.07) is 8.37. The first-order valence-electron chi connectivity index (χ1n) is 9.65. The largest absolute Gasteiger partial charge is 0.463 e. The van der Waals surface area contributed by atoms with Crippen LogP contribution in [0.1, 0.15) is 37.1 Å². The summed E-state index contributed by atoms with van der Waals surface area (Å²) in [6.07, 6.45) is 0. The van der Waals surface area contributed by atoms with Crippen molar-refractivity contribution in [3.63, 3.8) is 0 Å². The quantitative estimate of drug-likeness (QED) is 0.361. The number of nitrogens with zero attached hydrogens (tertiary/aromatic N) is 3. The van der Waals surface area contributed by atoms with Gasteiger partial charge in [0.15, 0.2) is 5.16 Å². The highest BCUT2D eigenvalue weighted by molar-refractivity contribution is 7.98. The molecule has 0 aliphatic rings. The molecule has 0 radical (unpaired) electrons. The molecule has 0 bridgehead atoms. The summed E-state index contributed by atoms with van der Waals surface area (Å²) in [6.45, 7) is 7.16. The molecule has 0 fully saturated rings. The Morgan fingerprint density at radius 3 is 2.57 bits per heavy atom. The Kier molecular flexibility index (Phi) is 6.89. The van der Waals surface area contributed by atoms with Crippen molar-refractivity contribution in [1.82, 2.24) is 13.9 Å². The Bertz CT molecular complexity index is 1150. The molecular formula is C20H25N3O5S2. The molecule has 0 unspecified atom stereocenters. The number of sulfonamides is 1. The molecule has 0 aliphatic carbocycles. The highest BCUT2D eigenvalue weighted by atomic mass is 32.2. The van der Waals surface area contributed by atoms with E-state index in [4.69, 9.17) is 4.42 Å². The van der Waals surface area contributed by atoms with Crippen LogP contribution in [0.3, 0.4) is 0 Å². The van der Waals surface area contributed by atoms with Crippen LogP contribution in [0.25, 0.3) is 11.0 Å². The zero-order chi connectivity index (χ0) is 21.9. The second-order valence-electron chi connectivity index (χ2n) is 6.42. The number of hydrogen-bond donors (Lipinski definition) is 0. The molecule has 3 rings (SSSR count). The lowest BCUT2D eigenvalue weighted by atomic mass is 10.3. The number of fused-ring (bicyclic) bond motifs is 1. The van der Waals surface area contributed by atoms with E-state index in [1.807, 2.05) is 25.3 Å². The Balaban J connectivity index is 1.89. The lowest BCUT2D eigenvalue weighted by Gasteiger charge is -2.18. The third-order valence-electron chi connectivity index (χ3n) is 4.74. The SMILES string of the molecule is CCN(CC)S(=O)(=O)c1ccc2c(c1)nc(SCc1ccc(C(=O)OC)o1)n2CC. The Morgan fingerprint density at radius 2 is 1.93 bits per heavy atom. The molecule has 1 aromatic carbocycles. The maximum absolute atomic E-state index is 12.8. The molecule has 0 saturated heterocycles. The van der Waals surface area contributed by atoms with Crippen LogP contribution in [0.4, 0.5) is 0 Å². The molecule has 0 saturated carbocycles. The van der Waals surface area contributed by atoms with Crippen LogP contribution in [-0.4, -0.2) is 48.4 Å². The average Bonchev–Trinajstić information content (AvgIpc) is 3.35. The molecule has 2 heterocycles. The van der Waals surface area contributed by atoms with Crippen LogP contribution < -0.4 is 0 Å². The summed E-state index contributed by atoms with van der Waals surface area (Å²) < 4.78 is 39.3. The van der Waals surface area contributed by atoms with E-state index < -0.39 is 16.0 Å². The van der Waals surface area contributed by atoms with Crippen molar-refractivity contribution in [3.8, 4) is 0 Å². The van der Waals surface area contributed by atoms with E-state index in [9.17, 15) is 13.2 Å². The molecule has 162 valence electrons. The maximum atomic E-state index is 12.8. The molecule has 10 heteroatoms. The maximum Gasteiger partial charge on any atom is 0.373 e. The smallest absolute Gasteiger partial charge is 0.373 e. The van der Waals surface area contributed by atoms with Gasteiger partial charge in [-0.3, -0.25) is 0 Å². The van der Waals surface area contributed by atoms with Crippen LogP contribution in [-0.2, 0) is 27.1 Å². The Morgan fingerprint density at radius 1 is 1.20 bits per heavy atom. The fourth-order valence-electron chi connectivity index (χ4n) is 3.18. The fourth-order valence-corrected chi connectivity index (χ4v) is 5.63. The number of rotatable bonds is 9. The number of methoxy groups -OCH3 is 1. The molecule has 30 heavy (non-hydrogen) atoms. The number of esters is 1. The number of carbonyl (C=O) groups excluding carboxylic acids is 1. The minimum absolute atomic E-state index is 0.156. The second kappa shape index (κ2) is 9.23. The van der Waals surface area contributed by atoms with E-state index in [1.54, 1.807) is 30.3 Å². The lowest BCUT2D eigenvalue weighted by molar-refractivity contribution is 0.0563. The molecular weight excluding hydrogens is 426 g/mol. The van der Waals surface area contributed by atoms with Gasteiger partial charge in [0.05, 0.1) is 28.8 Å².